The highest BCUT2D eigenvalue weighted by atomic mass is 31.2. The Balaban J connectivity index is 5.02. The SMILES string of the molecule is CC/C=C/C=C/C=C/CCCCCCCCCC(=O)OC(/C=C\CCCCCCCCCCCCC)C(COP(=O)(O)OCC[N+](C)(C)C)NC(=O)CCCCCCCCCCCCCCCCCCC/C=C/CCCCCCCC. The molecule has 0 saturated carbocycles. The number of nitrogens with zero attached hydrogens (tertiary/aromatic N) is 1. The molecule has 0 aromatic heterocycles. The number of ether oxygens (including phenoxy) is 1. The molecule has 9 nitrogen and oxygen atoms in total. The zero-order chi connectivity index (χ0) is 59.3. The summed E-state index contributed by atoms with van der Waals surface area (Å²) < 4.78 is 30.8. The number of allylic oxidation sites excluding steroid dienone is 9. The number of phosphoric acid groups is 1. The molecule has 0 aromatic rings. The topological polar surface area (TPSA) is 111 Å². The Bertz CT molecular complexity index is 1570. The largest absolute Gasteiger partial charge is 0.472 e. The standard InChI is InChI=1S/C71H133N2O7P/c1-7-10-13-16-19-22-25-28-30-31-32-33-34-35-36-37-38-39-40-41-43-45-48-51-54-57-60-63-70(74)72-68(67-79-81(76,77)78-66-65-73(4,5)6)69(62-59-56-53-50-47-44-27-24-21-18-15-12-9-3)80-71(75)64-61-58-55-52-49-46-42-29-26-23-20-17-14-11-8-2/h11,14,17,20,23,26,28,30,59,62,68-69H,7-10,12-13,15-16,18-19,21-22,24-25,27,29,31-58,60-61,63-67H2,1-6H3,(H-,72,74,76,77)/p+1/b14-11+,20-17+,26-23+,30-28+,62-59-. The molecule has 0 heterocycles. The minimum Gasteiger partial charge on any atom is -0.456 e. The molecule has 0 aromatic carbocycles. The van der Waals surface area contributed by atoms with E-state index in [0.29, 0.717) is 17.4 Å². The van der Waals surface area contributed by atoms with Gasteiger partial charge in [-0.05, 0) is 76.7 Å². The highest BCUT2D eigenvalue weighted by Crippen LogP contribution is 2.43. The van der Waals surface area contributed by atoms with E-state index in [1.54, 1.807) is 0 Å². The first kappa shape index (κ1) is 78.7. The van der Waals surface area contributed by atoms with Gasteiger partial charge >= 0.3 is 13.8 Å². The fourth-order valence-electron chi connectivity index (χ4n) is 10.2. The number of phosphoric ester groups is 1. The number of hydrogen-bond acceptors (Lipinski definition) is 6. The van der Waals surface area contributed by atoms with Gasteiger partial charge in [-0.1, -0.05) is 300 Å². The second-order valence-electron chi connectivity index (χ2n) is 24.7. The Morgan fingerprint density at radius 2 is 0.802 bits per heavy atom. The number of carbonyl (C=O) groups excluding carboxylic acids is 2. The van der Waals surface area contributed by atoms with Crippen molar-refractivity contribution in [3.8, 4) is 0 Å². The molecule has 0 fully saturated rings. The molecule has 3 unspecified atom stereocenters. The average molecular weight is 1160 g/mol. The van der Waals surface area contributed by atoms with Crippen LogP contribution >= 0.6 is 7.82 Å². The Morgan fingerprint density at radius 3 is 1.21 bits per heavy atom. The van der Waals surface area contributed by atoms with Crippen LogP contribution < -0.4 is 5.32 Å². The fraction of sp³-hybridized carbons (Fsp3) is 0.831. The molecule has 474 valence electrons. The molecule has 3 atom stereocenters. The summed E-state index contributed by atoms with van der Waals surface area (Å²) in [7, 11) is 1.50. The maximum absolute atomic E-state index is 13.6. The first-order valence-electron chi connectivity index (χ1n) is 34.6. The summed E-state index contributed by atoms with van der Waals surface area (Å²) in [5.41, 5.74) is 0. The molecular weight excluding hydrogens is 1020 g/mol. The Kier molecular flexibility index (Phi) is 59.1. The van der Waals surface area contributed by atoms with Crippen molar-refractivity contribution in [2.45, 2.75) is 341 Å². The van der Waals surface area contributed by atoms with Crippen molar-refractivity contribution in [2.75, 3.05) is 40.9 Å². The number of rotatable bonds is 63. The van der Waals surface area contributed by atoms with Gasteiger partial charge in [0.25, 0.3) is 0 Å². The molecule has 81 heavy (non-hydrogen) atoms. The number of esters is 1. The summed E-state index contributed by atoms with van der Waals surface area (Å²) in [4.78, 5) is 37.8. The zero-order valence-electron chi connectivity index (χ0n) is 54.3. The van der Waals surface area contributed by atoms with E-state index in [2.05, 4.69) is 74.7 Å². The van der Waals surface area contributed by atoms with Gasteiger partial charge in [-0.3, -0.25) is 18.6 Å². The van der Waals surface area contributed by atoms with Crippen molar-refractivity contribution in [2.24, 2.45) is 0 Å². The van der Waals surface area contributed by atoms with Crippen LogP contribution in [0.15, 0.2) is 60.8 Å². The molecule has 0 saturated heterocycles. The quantitative estimate of drug-likeness (QED) is 0.0156. The lowest BCUT2D eigenvalue weighted by Gasteiger charge is -2.27. The van der Waals surface area contributed by atoms with Gasteiger partial charge in [0.2, 0.25) is 5.91 Å². The normalized spacial score (nSPS) is 13.9. The van der Waals surface area contributed by atoms with Crippen molar-refractivity contribution >= 4 is 19.7 Å². The zero-order valence-corrected chi connectivity index (χ0v) is 55.2. The van der Waals surface area contributed by atoms with E-state index in [1.807, 2.05) is 33.3 Å². The summed E-state index contributed by atoms with van der Waals surface area (Å²) >= 11 is 0. The van der Waals surface area contributed by atoms with Crippen LogP contribution in [0.2, 0.25) is 0 Å². The minimum absolute atomic E-state index is 0.0382. The fourth-order valence-corrected chi connectivity index (χ4v) is 10.9. The van der Waals surface area contributed by atoms with Gasteiger partial charge in [0.15, 0.2) is 0 Å². The lowest BCUT2D eigenvalue weighted by Crippen LogP contribution is -2.47. The monoisotopic (exact) mass is 1160 g/mol. The number of likely N-dealkylation sites (N-methyl/N-ethyl adjacent to an activating group) is 1. The third-order valence-corrected chi connectivity index (χ3v) is 16.5. The summed E-state index contributed by atoms with van der Waals surface area (Å²) in [6, 6.07) is -0.853. The second kappa shape index (κ2) is 60.8. The van der Waals surface area contributed by atoms with Crippen LogP contribution in [0.1, 0.15) is 329 Å². The predicted octanol–water partition coefficient (Wildman–Crippen LogP) is 21.8. The van der Waals surface area contributed by atoms with Crippen molar-refractivity contribution in [3.63, 3.8) is 0 Å². The molecule has 0 aliphatic carbocycles. The van der Waals surface area contributed by atoms with Gasteiger partial charge in [0.1, 0.15) is 19.3 Å². The summed E-state index contributed by atoms with van der Waals surface area (Å²) in [5, 5.41) is 3.07. The lowest BCUT2D eigenvalue weighted by atomic mass is 10.0. The molecule has 0 bridgehead atoms. The molecule has 10 heteroatoms. The van der Waals surface area contributed by atoms with Crippen molar-refractivity contribution in [3.05, 3.63) is 60.8 Å². The second-order valence-corrected chi connectivity index (χ2v) is 26.2. The van der Waals surface area contributed by atoms with Gasteiger partial charge in [0.05, 0.1) is 33.8 Å². The molecule has 0 aliphatic rings. The number of unbranched alkanes of at least 4 members (excludes halogenated alkanes) is 41. The lowest BCUT2D eigenvalue weighted by molar-refractivity contribution is -0.870. The molecule has 0 radical (unpaired) electrons. The number of quaternary nitrogens is 1. The number of hydrogen-bond donors (Lipinski definition) is 2. The highest BCUT2D eigenvalue weighted by molar-refractivity contribution is 7.47. The highest BCUT2D eigenvalue weighted by Gasteiger charge is 2.30. The van der Waals surface area contributed by atoms with E-state index in [4.69, 9.17) is 13.8 Å². The van der Waals surface area contributed by atoms with Crippen molar-refractivity contribution < 1.29 is 37.3 Å². The molecule has 0 aliphatic heterocycles. The summed E-state index contributed by atoms with van der Waals surface area (Å²) in [6.45, 7) is 6.91. The molecule has 2 N–H and O–H groups in total. The molecule has 0 spiro atoms. The van der Waals surface area contributed by atoms with Crippen LogP contribution in [0.4, 0.5) is 0 Å². The Morgan fingerprint density at radius 1 is 0.444 bits per heavy atom. The first-order chi connectivity index (χ1) is 39.4. The van der Waals surface area contributed by atoms with Crippen LogP contribution in [-0.2, 0) is 27.9 Å². The number of nitrogens with one attached hydrogen (secondary N) is 1. The van der Waals surface area contributed by atoms with Gasteiger partial charge < -0.3 is 19.4 Å². The Hall–Kier alpha value is -2.29. The van der Waals surface area contributed by atoms with Gasteiger partial charge in [-0.25, -0.2) is 4.57 Å². The van der Waals surface area contributed by atoms with Crippen LogP contribution in [0.5, 0.6) is 0 Å². The van der Waals surface area contributed by atoms with Crippen molar-refractivity contribution in [1.82, 2.24) is 5.32 Å². The van der Waals surface area contributed by atoms with Gasteiger partial charge in [-0.2, -0.15) is 0 Å². The van der Waals surface area contributed by atoms with Crippen LogP contribution in [0, 0.1) is 0 Å². The summed E-state index contributed by atoms with van der Waals surface area (Å²) in [6.07, 6.45) is 78.1. The van der Waals surface area contributed by atoms with E-state index >= 15 is 0 Å². The molecular formula is C71H134N2O7P+. The van der Waals surface area contributed by atoms with Crippen LogP contribution in [0.3, 0.4) is 0 Å². The Labute approximate surface area is 502 Å². The molecule has 0 rings (SSSR count). The summed E-state index contributed by atoms with van der Waals surface area (Å²) in [5.74, 6) is -0.507. The third-order valence-electron chi connectivity index (χ3n) is 15.5. The van der Waals surface area contributed by atoms with Gasteiger partial charge in [-0.15, -0.1) is 0 Å². The minimum atomic E-state index is -4.45. The maximum Gasteiger partial charge on any atom is 0.472 e. The number of carbonyl (C=O) groups is 2. The van der Waals surface area contributed by atoms with Crippen LogP contribution in [-0.4, -0.2) is 74.3 Å². The smallest absolute Gasteiger partial charge is 0.456 e. The predicted molar refractivity (Wildman–Crippen MR) is 351 cm³/mol. The maximum atomic E-state index is 13.6. The molecule has 1 amide bonds. The number of amides is 1. The first-order valence-corrected chi connectivity index (χ1v) is 36.1. The van der Waals surface area contributed by atoms with E-state index in [-0.39, 0.29) is 31.5 Å². The van der Waals surface area contributed by atoms with E-state index in [9.17, 15) is 19.0 Å². The van der Waals surface area contributed by atoms with Crippen LogP contribution in [0.25, 0.3) is 0 Å². The van der Waals surface area contributed by atoms with E-state index in [1.165, 1.54) is 218 Å². The van der Waals surface area contributed by atoms with Gasteiger partial charge in [0, 0.05) is 12.8 Å². The van der Waals surface area contributed by atoms with Crippen molar-refractivity contribution in [1.29, 1.82) is 0 Å². The average Bonchev–Trinajstić information content (AvgIpc) is 3.44. The van der Waals surface area contributed by atoms with E-state index in [0.717, 1.165) is 77.0 Å². The van der Waals surface area contributed by atoms with E-state index < -0.39 is 20.0 Å². The third kappa shape index (κ3) is 62.1.